The predicted molar refractivity (Wildman–Crippen MR) is 89.5 cm³/mol. The standard InChI is InChI=1S/C12H17N3O4.10H2/c1-7(6-19-15(17)18)14-12(16)11-5-13-10(4)8(2)9(11)3;;;;;;;;;;/h5,7H,6H2,1-4H3,(H,14,16);10*1H/i/hD. The smallest absolute Gasteiger partial charge is 0.294 e. The number of rotatable bonds is 5. The lowest BCUT2D eigenvalue weighted by atomic mass is 10.0. The molecule has 0 aliphatic carbocycles. The summed E-state index contributed by atoms with van der Waals surface area (Å²) in [4.78, 5) is 30.6. The van der Waals surface area contributed by atoms with Crippen LogP contribution in [0.5, 0.6) is 0 Å². The molecule has 1 unspecified atom stereocenters. The number of hydrogen-bond donors (Lipinski definition) is 1. The molecule has 0 spiro atoms. The van der Waals surface area contributed by atoms with Gasteiger partial charge in [-0.2, -0.15) is 0 Å². The summed E-state index contributed by atoms with van der Waals surface area (Å²) in [5, 5.41) is 9.83. The molecule has 0 saturated heterocycles. The summed E-state index contributed by atoms with van der Waals surface area (Å²) in [5.41, 5.74) is 2.77. The Labute approximate surface area is 127 Å². The van der Waals surface area contributed by atoms with Crippen molar-refractivity contribution >= 4 is 5.91 Å². The molecular formula is C12H37N3O4. The van der Waals surface area contributed by atoms with Crippen LogP contribution in [-0.4, -0.2) is 28.6 Å². The molecule has 1 rings (SSSR count). The molecule has 0 bridgehead atoms. The summed E-state index contributed by atoms with van der Waals surface area (Å²) in [6, 6.07) is -0.742. The SMILES string of the molecule is [2H]N(C(=O)c1cnc(C)c(C)c1C)C(C)CO[N+](=O)[O-].[HH].[HH].[HH].[HH].[HH].[HH].[HH].[HH].[HH].[HH]. The maximum atomic E-state index is 12.2. The number of carbonyl (C=O) groups excluding carboxylic acids is 1. The van der Waals surface area contributed by atoms with E-state index in [-0.39, 0.29) is 20.9 Å². The fourth-order valence-electron chi connectivity index (χ4n) is 1.52. The van der Waals surface area contributed by atoms with Crippen molar-refractivity contribution in [3.05, 3.63) is 38.7 Å². The minimum atomic E-state index is -0.947. The molecule has 0 aliphatic heterocycles. The molecule has 1 N–H and O–H groups in total. The second-order valence-corrected chi connectivity index (χ2v) is 4.31. The zero-order valence-electron chi connectivity index (χ0n) is 12.3. The van der Waals surface area contributed by atoms with Crippen molar-refractivity contribution < 1.29 is 30.4 Å². The van der Waals surface area contributed by atoms with Crippen molar-refractivity contribution in [2.45, 2.75) is 33.7 Å². The largest absolute Gasteiger partial charge is 0.348 e. The van der Waals surface area contributed by atoms with Crippen molar-refractivity contribution in [3.63, 3.8) is 0 Å². The van der Waals surface area contributed by atoms with Crippen molar-refractivity contribution in [1.82, 2.24) is 10.3 Å². The zero-order chi connectivity index (χ0) is 15.4. The van der Waals surface area contributed by atoms with E-state index in [1.165, 1.54) is 13.1 Å². The van der Waals surface area contributed by atoms with Crippen LogP contribution in [0.25, 0.3) is 0 Å². The first-order valence-electron chi connectivity index (χ1n) is 6.23. The molecule has 19 heavy (non-hydrogen) atoms. The predicted octanol–water partition coefficient (Wildman–Crippen LogP) is 3.79. The van der Waals surface area contributed by atoms with Crippen molar-refractivity contribution in [1.29, 1.82) is 0 Å². The third-order valence-corrected chi connectivity index (χ3v) is 2.89. The van der Waals surface area contributed by atoms with Gasteiger partial charge in [0.25, 0.3) is 11.0 Å². The van der Waals surface area contributed by atoms with E-state index in [1.807, 2.05) is 13.8 Å². The molecule has 7 nitrogen and oxygen atoms in total. The maximum absolute atomic E-state index is 12.2. The molecule has 0 fully saturated rings. The molecular weight excluding hydrogens is 250 g/mol. The van der Waals surface area contributed by atoms with Crippen LogP contribution in [0.15, 0.2) is 6.20 Å². The van der Waals surface area contributed by atoms with Gasteiger partial charge in [-0.1, -0.05) is 0 Å². The van der Waals surface area contributed by atoms with Crippen LogP contribution in [0.4, 0.5) is 0 Å². The van der Waals surface area contributed by atoms with E-state index < -0.39 is 17.0 Å². The number of nitrogens with zero attached hydrogens (tertiary/aromatic N) is 2. The molecule has 0 radical (unpaired) electrons. The molecule has 1 amide bonds. The van der Waals surface area contributed by atoms with Gasteiger partial charge in [-0.15, -0.1) is 10.1 Å². The van der Waals surface area contributed by atoms with Crippen LogP contribution in [-0.2, 0) is 4.84 Å². The number of amides is 1. The Morgan fingerprint density at radius 1 is 1.63 bits per heavy atom. The van der Waals surface area contributed by atoms with E-state index in [9.17, 15) is 14.9 Å². The average molecular weight is 288 g/mol. The lowest BCUT2D eigenvalue weighted by molar-refractivity contribution is -0.758. The Morgan fingerprint density at radius 2 is 2.26 bits per heavy atom. The third-order valence-electron chi connectivity index (χ3n) is 2.89. The van der Waals surface area contributed by atoms with E-state index >= 15 is 0 Å². The second-order valence-electron chi connectivity index (χ2n) is 4.31. The Morgan fingerprint density at radius 3 is 2.84 bits per heavy atom. The number of nitrogens with one attached hydrogen (secondary N) is 1. The molecule has 7 heteroatoms. The zero-order valence-corrected chi connectivity index (χ0v) is 11.3. The molecule has 124 valence electrons. The van der Waals surface area contributed by atoms with Gasteiger partial charge in [-0.3, -0.25) is 9.78 Å². The molecule has 1 aromatic rings. The highest BCUT2D eigenvalue weighted by atomic mass is 16.9. The quantitative estimate of drug-likeness (QED) is 0.657. The molecule has 0 aliphatic rings. The average Bonchev–Trinajstić information content (AvgIpc) is 2.40. The summed E-state index contributed by atoms with van der Waals surface area (Å²) in [5.74, 6) is -0.558. The normalized spacial score (nSPS) is 12.5. The first kappa shape index (κ1) is 13.3. The molecule has 1 atom stereocenters. The van der Waals surface area contributed by atoms with E-state index in [0.717, 1.165) is 16.8 Å². The Bertz CT molecular complexity index is 558. The highest BCUT2D eigenvalue weighted by molar-refractivity contribution is 5.95. The number of pyridine rings is 1. The van der Waals surface area contributed by atoms with Crippen LogP contribution in [0, 0.1) is 30.9 Å². The number of aryl methyl sites for hydroxylation is 1. The topological polar surface area (TPSA) is 94.4 Å². The van der Waals surface area contributed by atoms with Crippen molar-refractivity contribution in [2.75, 3.05) is 6.61 Å². The summed E-state index contributed by atoms with van der Waals surface area (Å²) in [6.45, 7) is 6.62. The van der Waals surface area contributed by atoms with Crippen LogP contribution >= 0.6 is 0 Å². The summed E-state index contributed by atoms with van der Waals surface area (Å²) in [6.07, 6.45) is 1.42. The lowest BCUT2D eigenvalue weighted by Gasteiger charge is -2.15. The summed E-state index contributed by atoms with van der Waals surface area (Å²) < 4.78 is 7.74. The maximum Gasteiger partial charge on any atom is 0.294 e. The Hall–Kier alpha value is -2.18. The van der Waals surface area contributed by atoms with E-state index in [1.54, 1.807) is 6.92 Å². The number of aromatic nitrogens is 1. The highest BCUT2D eigenvalue weighted by Gasteiger charge is 2.15. The van der Waals surface area contributed by atoms with Gasteiger partial charge in [0.2, 0.25) is 0 Å². The van der Waals surface area contributed by atoms with Crippen LogP contribution < -0.4 is 5.31 Å². The molecule has 1 aromatic heterocycles. The fourth-order valence-corrected chi connectivity index (χ4v) is 1.52. The summed E-state index contributed by atoms with van der Waals surface area (Å²) >= 11 is 0. The van der Waals surface area contributed by atoms with Crippen molar-refractivity contribution in [3.8, 4) is 0 Å². The van der Waals surface area contributed by atoms with Gasteiger partial charge in [0.15, 0.2) is 1.41 Å². The minimum Gasteiger partial charge on any atom is -0.348 e. The molecule has 0 saturated carbocycles. The fraction of sp³-hybridized carbons (Fsp3) is 0.500. The van der Waals surface area contributed by atoms with Gasteiger partial charge < -0.3 is 10.1 Å². The monoisotopic (exact) mass is 288 g/mol. The van der Waals surface area contributed by atoms with Gasteiger partial charge in [-0.25, -0.2) is 0 Å². The summed E-state index contributed by atoms with van der Waals surface area (Å²) in [7, 11) is 0. The highest BCUT2D eigenvalue weighted by Crippen LogP contribution is 2.14. The lowest BCUT2D eigenvalue weighted by Crippen LogP contribution is -2.37. The number of hydrogen-bond acceptors (Lipinski definition) is 5. The minimum absolute atomic E-state index is 0. The van der Waals surface area contributed by atoms with Crippen LogP contribution in [0.2, 0.25) is 1.41 Å². The number of carbonyl (C=O) groups is 1. The van der Waals surface area contributed by atoms with Gasteiger partial charge >= 0.3 is 0 Å². The molecule has 0 aromatic carbocycles. The van der Waals surface area contributed by atoms with Gasteiger partial charge in [0.1, 0.15) is 6.61 Å². The van der Waals surface area contributed by atoms with Crippen LogP contribution in [0.3, 0.4) is 0 Å². The molecule has 1 heterocycles. The van der Waals surface area contributed by atoms with Gasteiger partial charge in [0, 0.05) is 26.2 Å². The van der Waals surface area contributed by atoms with Gasteiger partial charge in [-0.05, 0) is 38.8 Å². The van der Waals surface area contributed by atoms with Gasteiger partial charge in [0.05, 0.1) is 11.6 Å². The van der Waals surface area contributed by atoms with E-state index in [0.29, 0.717) is 10.9 Å². The van der Waals surface area contributed by atoms with E-state index in [4.69, 9.17) is 1.41 Å². The Kier molecular flexibility index (Phi) is 4.27. The third kappa shape index (κ3) is 3.90. The first-order valence-corrected chi connectivity index (χ1v) is 5.78. The second kappa shape index (κ2) is 6.12. The first-order chi connectivity index (χ1) is 9.25. The van der Waals surface area contributed by atoms with E-state index in [2.05, 4.69) is 9.82 Å². The Balaban J connectivity index is -0.0000000500. The van der Waals surface area contributed by atoms with Crippen molar-refractivity contribution in [2.24, 2.45) is 0 Å². The van der Waals surface area contributed by atoms with Crippen LogP contribution in [0.1, 0.15) is 48.4 Å².